The molecule has 1 amide bonds. The summed E-state index contributed by atoms with van der Waals surface area (Å²) in [5, 5.41) is 7.12. The van der Waals surface area contributed by atoms with Gasteiger partial charge in [-0.25, -0.2) is 4.68 Å². The summed E-state index contributed by atoms with van der Waals surface area (Å²) in [6.07, 6.45) is 0. The van der Waals surface area contributed by atoms with Crippen LogP contribution < -0.4 is 25.1 Å². The van der Waals surface area contributed by atoms with Crippen molar-refractivity contribution in [3.63, 3.8) is 0 Å². The molecule has 0 saturated carbocycles. The number of rotatable bonds is 10. The van der Waals surface area contributed by atoms with Crippen LogP contribution in [0.25, 0.3) is 11.3 Å². The molecule has 1 N–H and O–H groups in total. The average molecular weight is 423 g/mol. The maximum absolute atomic E-state index is 12.1. The molecule has 3 aromatic rings. The predicted molar refractivity (Wildman–Crippen MR) is 117 cm³/mol. The minimum atomic E-state index is -0.293. The highest BCUT2D eigenvalue weighted by Gasteiger charge is 2.07. The van der Waals surface area contributed by atoms with E-state index in [0.717, 1.165) is 11.3 Å². The van der Waals surface area contributed by atoms with Gasteiger partial charge < -0.3 is 19.5 Å². The third-order valence-electron chi connectivity index (χ3n) is 4.38. The van der Waals surface area contributed by atoms with E-state index < -0.39 is 0 Å². The molecular weight excluding hydrogens is 398 g/mol. The summed E-state index contributed by atoms with van der Waals surface area (Å²) < 4.78 is 17.3. The molecule has 1 aromatic heterocycles. The van der Waals surface area contributed by atoms with E-state index in [2.05, 4.69) is 10.4 Å². The van der Waals surface area contributed by atoms with Crippen LogP contribution in [0.15, 0.2) is 65.5 Å². The van der Waals surface area contributed by atoms with Crippen LogP contribution in [0, 0.1) is 0 Å². The van der Waals surface area contributed by atoms with Gasteiger partial charge in [-0.3, -0.25) is 9.59 Å². The van der Waals surface area contributed by atoms with Crippen molar-refractivity contribution in [3.8, 4) is 28.5 Å². The van der Waals surface area contributed by atoms with Crippen molar-refractivity contribution in [3.05, 3.63) is 71.0 Å². The molecule has 1 heterocycles. The van der Waals surface area contributed by atoms with Gasteiger partial charge >= 0.3 is 0 Å². The van der Waals surface area contributed by atoms with Crippen LogP contribution in [-0.4, -0.2) is 42.6 Å². The lowest BCUT2D eigenvalue weighted by molar-refractivity contribution is -0.123. The molecular formula is C23H25N3O5. The molecule has 0 atom stereocenters. The number of nitrogens with one attached hydrogen (secondary N) is 1. The fourth-order valence-corrected chi connectivity index (χ4v) is 2.84. The fraction of sp³-hybridized carbons (Fsp3) is 0.261. The molecule has 162 valence electrons. The van der Waals surface area contributed by atoms with Gasteiger partial charge in [-0.15, -0.1) is 0 Å². The van der Waals surface area contributed by atoms with Crippen molar-refractivity contribution in [1.82, 2.24) is 15.1 Å². The van der Waals surface area contributed by atoms with Gasteiger partial charge in [0.25, 0.3) is 11.5 Å². The van der Waals surface area contributed by atoms with E-state index >= 15 is 0 Å². The SMILES string of the molecule is CCOc1ccc(-c2ccc(=O)n(CCNC(=O)COc3cccc(OC)c3)n2)cc1. The molecule has 0 aliphatic carbocycles. The number of hydrogen-bond acceptors (Lipinski definition) is 6. The Hall–Kier alpha value is -3.81. The molecule has 8 heteroatoms. The van der Waals surface area contributed by atoms with E-state index in [4.69, 9.17) is 14.2 Å². The summed E-state index contributed by atoms with van der Waals surface area (Å²) in [6, 6.07) is 17.6. The van der Waals surface area contributed by atoms with Crippen molar-refractivity contribution >= 4 is 5.91 Å². The number of benzene rings is 2. The summed E-state index contributed by atoms with van der Waals surface area (Å²) in [5.74, 6) is 1.67. The van der Waals surface area contributed by atoms with Gasteiger partial charge in [0.05, 0.1) is 26.0 Å². The number of amides is 1. The highest BCUT2D eigenvalue weighted by molar-refractivity contribution is 5.77. The van der Waals surface area contributed by atoms with E-state index in [1.54, 1.807) is 37.4 Å². The van der Waals surface area contributed by atoms with E-state index in [-0.39, 0.29) is 31.2 Å². The van der Waals surface area contributed by atoms with Crippen LogP contribution >= 0.6 is 0 Å². The molecule has 0 bridgehead atoms. The van der Waals surface area contributed by atoms with Crippen LogP contribution in [0.2, 0.25) is 0 Å². The maximum Gasteiger partial charge on any atom is 0.266 e. The third kappa shape index (κ3) is 6.33. The number of methoxy groups -OCH3 is 1. The molecule has 31 heavy (non-hydrogen) atoms. The number of nitrogens with zero attached hydrogens (tertiary/aromatic N) is 2. The number of ether oxygens (including phenoxy) is 3. The number of carbonyl (C=O) groups excluding carboxylic acids is 1. The molecule has 0 saturated heterocycles. The molecule has 0 aliphatic rings. The summed E-state index contributed by atoms with van der Waals surface area (Å²) in [6.45, 7) is 2.88. The monoisotopic (exact) mass is 423 g/mol. The lowest BCUT2D eigenvalue weighted by Gasteiger charge is -2.10. The summed E-state index contributed by atoms with van der Waals surface area (Å²) in [5.41, 5.74) is 1.29. The molecule has 0 unspecified atom stereocenters. The van der Waals surface area contributed by atoms with Crippen molar-refractivity contribution in [2.24, 2.45) is 0 Å². The molecule has 2 aromatic carbocycles. The van der Waals surface area contributed by atoms with Gasteiger partial charge in [0, 0.05) is 24.2 Å². The van der Waals surface area contributed by atoms with E-state index in [1.807, 2.05) is 31.2 Å². The lowest BCUT2D eigenvalue weighted by Crippen LogP contribution is -2.34. The first kappa shape index (κ1) is 21.9. The Morgan fingerprint density at radius 1 is 1.00 bits per heavy atom. The first-order valence-electron chi connectivity index (χ1n) is 9.94. The van der Waals surface area contributed by atoms with Crippen molar-refractivity contribution in [2.45, 2.75) is 13.5 Å². The molecule has 0 spiro atoms. The number of hydrogen-bond donors (Lipinski definition) is 1. The van der Waals surface area contributed by atoms with Crippen molar-refractivity contribution in [1.29, 1.82) is 0 Å². The zero-order valence-corrected chi connectivity index (χ0v) is 17.5. The zero-order valence-electron chi connectivity index (χ0n) is 17.5. The summed E-state index contributed by atoms with van der Waals surface area (Å²) in [4.78, 5) is 24.2. The molecule has 0 aliphatic heterocycles. The molecule has 0 fully saturated rings. The van der Waals surface area contributed by atoms with Crippen LogP contribution in [0.4, 0.5) is 0 Å². The number of carbonyl (C=O) groups is 1. The predicted octanol–water partition coefficient (Wildman–Crippen LogP) is 2.51. The summed E-state index contributed by atoms with van der Waals surface area (Å²) in [7, 11) is 1.56. The Morgan fingerprint density at radius 2 is 1.77 bits per heavy atom. The van der Waals surface area contributed by atoms with E-state index in [9.17, 15) is 9.59 Å². The standard InChI is InChI=1S/C23H25N3O5/c1-3-30-18-9-7-17(8-10-18)21-11-12-23(28)26(25-21)14-13-24-22(27)16-31-20-6-4-5-19(15-20)29-2/h4-12,15H,3,13-14,16H2,1-2H3,(H,24,27). The van der Waals surface area contributed by atoms with E-state index in [1.165, 1.54) is 10.7 Å². The minimum Gasteiger partial charge on any atom is -0.497 e. The van der Waals surface area contributed by atoms with Gasteiger partial charge in [0.2, 0.25) is 0 Å². The molecule has 8 nitrogen and oxygen atoms in total. The average Bonchev–Trinajstić information content (AvgIpc) is 2.80. The van der Waals surface area contributed by atoms with Gasteiger partial charge in [-0.1, -0.05) is 6.07 Å². The first-order valence-corrected chi connectivity index (χ1v) is 9.94. The van der Waals surface area contributed by atoms with Crippen molar-refractivity contribution < 1.29 is 19.0 Å². The Morgan fingerprint density at radius 3 is 2.52 bits per heavy atom. The number of aromatic nitrogens is 2. The Balaban J connectivity index is 1.53. The zero-order chi connectivity index (χ0) is 22.1. The van der Waals surface area contributed by atoms with E-state index in [0.29, 0.717) is 23.8 Å². The minimum absolute atomic E-state index is 0.137. The Labute approximate surface area is 180 Å². The van der Waals surface area contributed by atoms with Gasteiger partial charge in [-0.05, 0) is 49.4 Å². The van der Waals surface area contributed by atoms with Crippen LogP contribution in [-0.2, 0) is 11.3 Å². The van der Waals surface area contributed by atoms with Gasteiger partial charge in [-0.2, -0.15) is 5.10 Å². The Bertz CT molecular complexity index is 1060. The van der Waals surface area contributed by atoms with Crippen LogP contribution in [0.3, 0.4) is 0 Å². The van der Waals surface area contributed by atoms with Gasteiger partial charge in [0.15, 0.2) is 6.61 Å². The lowest BCUT2D eigenvalue weighted by atomic mass is 10.1. The second-order valence-electron chi connectivity index (χ2n) is 6.55. The molecule has 3 rings (SSSR count). The maximum atomic E-state index is 12.1. The quantitative estimate of drug-likeness (QED) is 0.539. The van der Waals surface area contributed by atoms with Crippen molar-refractivity contribution in [2.75, 3.05) is 26.9 Å². The summed E-state index contributed by atoms with van der Waals surface area (Å²) >= 11 is 0. The molecule has 0 radical (unpaired) electrons. The first-order chi connectivity index (χ1) is 15.1. The second kappa shape index (κ2) is 10.8. The smallest absolute Gasteiger partial charge is 0.266 e. The highest BCUT2D eigenvalue weighted by Crippen LogP contribution is 2.20. The third-order valence-corrected chi connectivity index (χ3v) is 4.38. The Kier molecular flexibility index (Phi) is 7.64. The highest BCUT2D eigenvalue weighted by atomic mass is 16.5. The van der Waals surface area contributed by atoms with Crippen LogP contribution in [0.5, 0.6) is 17.2 Å². The van der Waals surface area contributed by atoms with Gasteiger partial charge in [0.1, 0.15) is 17.2 Å². The normalized spacial score (nSPS) is 10.4. The largest absolute Gasteiger partial charge is 0.497 e. The topological polar surface area (TPSA) is 91.7 Å². The van der Waals surface area contributed by atoms with Crippen LogP contribution in [0.1, 0.15) is 6.92 Å². The fourth-order valence-electron chi connectivity index (χ4n) is 2.84. The second-order valence-corrected chi connectivity index (χ2v) is 6.55.